The number of carboxylic acids is 1. The Bertz CT molecular complexity index is 473. The third-order valence-electron chi connectivity index (χ3n) is 2.31. The molecule has 0 bridgehead atoms. The van der Waals surface area contributed by atoms with E-state index in [1.54, 1.807) is 5.54 Å². The lowest BCUT2D eigenvalue weighted by Crippen LogP contribution is -2.21. The topological polar surface area (TPSA) is 63.3 Å². The van der Waals surface area contributed by atoms with E-state index in [4.69, 9.17) is 38.8 Å². The molecule has 0 aromatic heterocycles. The lowest BCUT2D eigenvalue weighted by atomic mass is 10.1. The standard InChI is InChI=1S/C11H13Cl2N.C2HF3O2/c12-7-10(8-14)2-1-9-3-5-11(13)6-4-9;3-2(4,5)1(6)7/h3-7H,1-2,8,14H2;(H,6,7). The van der Waals surface area contributed by atoms with Gasteiger partial charge in [-0.25, -0.2) is 4.79 Å². The molecule has 0 spiro atoms. The third-order valence-corrected chi connectivity index (χ3v) is 2.87. The largest absolute Gasteiger partial charge is 0.490 e. The SMILES string of the molecule is NCC(=CCl)CCc1ccc(Cl)cc1.O=C(O)C(F)(F)F. The normalized spacial score (nSPS) is 11.6. The van der Waals surface area contributed by atoms with E-state index in [1.807, 2.05) is 24.3 Å². The fourth-order valence-corrected chi connectivity index (χ4v) is 1.48. The van der Waals surface area contributed by atoms with Crippen molar-refractivity contribution in [2.75, 3.05) is 6.54 Å². The maximum Gasteiger partial charge on any atom is 0.490 e. The second kappa shape index (κ2) is 9.65. The van der Waals surface area contributed by atoms with Crippen molar-refractivity contribution in [1.29, 1.82) is 0 Å². The average Bonchev–Trinajstić information content (AvgIpc) is 2.41. The summed E-state index contributed by atoms with van der Waals surface area (Å²) in [7, 11) is 0. The second-order valence-electron chi connectivity index (χ2n) is 3.90. The molecule has 0 fully saturated rings. The number of nitrogens with two attached hydrogens (primary N) is 1. The van der Waals surface area contributed by atoms with Gasteiger partial charge in [0.05, 0.1) is 0 Å². The molecule has 118 valence electrons. The van der Waals surface area contributed by atoms with E-state index in [0.29, 0.717) is 6.54 Å². The van der Waals surface area contributed by atoms with E-state index >= 15 is 0 Å². The Balaban J connectivity index is 0.000000486. The number of halogens is 5. The highest BCUT2D eigenvalue weighted by Gasteiger charge is 2.38. The summed E-state index contributed by atoms with van der Waals surface area (Å²) in [4.78, 5) is 8.90. The Morgan fingerprint density at radius 3 is 2.10 bits per heavy atom. The lowest BCUT2D eigenvalue weighted by Gasteiger charge is -2.03. The van der Waals surface area contributed by atoms with Crippen LogP contribution < -0.4 is 5.73 Å². The molecule has 1 aromatic carbocycles. The molecule has 0 saturated heterocycles. The summed E-state index contributed by atoms with van der Waals surface area (Å²) in [6.07, 6.45) is -3.23. The molecular formula is C13H14Cl2F3NO2. The molecule has 0 amide bonds. The summed E-state index contributed by atoms with van der Waals surface area (Å²) < 4.78 is 31.7. The highest BCUT2D eigenvalue weighted by atomic mass is 35.5. The molecule has 0 radical (unpaired) electrons. The average molecular weight is 344 g/mol. The molecule has 0 aliphatic carbocycles. The lowest BCUT2D eigenvalue weighted by molar-refractivity contribution is -0.192. The zero-order valence-corrected chi connectivity index (χ0v) is 12.3. The predicted molar refractivity (Wildman–Crippen MR) is 76.5 cm³/mol. The highest BCUT2D eigenvalue weighted by Crippen LogP contribution is 2.14. The van der Waals surface area contributed by atoms with Gasteiger partial charge in [0.2, 0.25) is 0 Å². The van der Waals surface area contributed by atoms with Gasteiger partial charge < -0.3 is 10.8 Å². The number of alkyl halides is 3. The summed E-state index contributed by atoms with van der Waals surface area (Å²) in [5.41, 5.74) is 9.38. The molecule has 8 heteroatoms. The van der Waals surface area contributed by atoms with Crippen molar-refractivity contribution in [3.8, 4) is 0 Å². The monoisotopic (exact) mass is 343 g/mol. The van der Waals surface area contributed by atoms with Crippen LogP contribution in [0.1, 0.15) is 12.0 Å². The van der Waals surface area contributed by atoms with E-state index in [0.717, 1.165) is 23.4 Å². The first kappa shape index (κ1) is 19.8. The fourth-order valence-electron chi connectivity index (χ4n) is 1.16. The van der Waals surface area contributed by atoms with Crippen molar-refractivity contribution >= 4 is 29.2 Å². The second-order valence-corrected chi connectivity index (χ2v) is 4.56. The summed E-state index contributed by atoms with van der Waals surface area (Å²) in [6.45, 7) is 0.525. The maximum absolute atomic E-state index is 10.6. The van der Waals surface area contributed by atoms with Crippen LogP contribution in [0.4, 0.5) is 13.2 Å². The molecule has 0 aliphatic heterocycles. The number of benzene rings is 1. The molecule has 0 heterocycles. The molecule has 0 saturated carbocycles. The van der Waals surface area contributed by atoms with Crippen molar-refractivity contribution in [3.63, 3.8) is 0 Å². The first-order valence-electron chi connectivity index (χ1n) is 5.73. The molecular weight excluding hydrogens is 330 g/mol. The highest BCUT2D eigenvalue weighted by molar-refractivity contribution is 6.30. The third kappa shape index (κ3) is 9.33. The fraction of sp³-hybridized carbons (Fsp3) is 0.308. The van der Waals surface area contributed by atoms with E-state index in [-0.39, 0.29) is 0 Å². The first-order valence-corrected chi connectivity index (χ1v) is 6.55. The van der Waals surface area contributed by atoms with Gasteiger partial charge in [-0.15, -0.1) is 0 Å². The summed E-state index contributed by atoms with van der Waals surface area (Å²) in [5.74, 6) is -2.76. The van der Waals surface area contributed by atoms with Crippen LogP contribution in [-0.4, -0.2) is 23.8 Å². The van der Waals surface area contributed by atoms with Crippen LogP contribution in [-0.2, 0) is 11.2 Å². The number of carbonyl (C=O) groups is 1. The quantitative estimate of drug-likeness (QED) is 0.868. The van der Waals surface area contributed by atoms with Crippen LogP contribution in [0, 0.1) is 0 Å². The van der Waals surface area contributed by atoms with Crippen LogP contribution in [0.25, 0.3) is 0 Å². The smallest absolute Gasteiger partial charge is 0.475 e. The van der Waals surface area contributed by atoms with Gasteiger partial charge >= 0.3 is 12.1 Å². The van der Waals surface area contributed by atoms with Gasteiger partial charge in [0.1, 0.15) is 0 Å². The Labute approximate surface area is 130 Å². The minimum absolute atomic E-state index is 0.525. The van der Waals surface area contributed by atoms with E-state index in [9.17, 15) is 13.2 Å². The Morgan fingerprint density at radius 2 is 1.76 bits per heavy atom. The number of rotatable bonds is 4. The van der Waals surface area contributed by atoms with Crippen molar-refractivity contribution in [3.05, 3.63) is 46.0 Å². The zero-order valence-electron chi connectivity index (χ0n) is 10.8. The molecule has 3 N–H and O–H groups in total. The van der Waals surface area contributed by atoms with Crippen molar-refractivity contribution in [2.24, 2.45) is 5.73 Å². The van der Waals surface area contributed by atoms with Crippen LogP contribution >= 0.6 is 23.2 Å². The number of hydrogen-bond donors (Lipinski definition) is 2. The Morgan fingerprint density at radius 1 is 1.29 bits per heavy atom. The summed E-state index contributed by atoms with van der Waals surface area (Å²) in [5, 5.41) is 7.89. The molecule has 0 unspecified atom stereocenters. The van der Waals surface area contributed by atoms with Crippen LogP contribution in [0.3, 0.4) is 0 Å². The minimum atomic E-state index is -5.08. The van der Waals surface area contributed by atoms with Gasteiger partial charge in [-0.1, -0.05) is 35.3 Å². The number of carboxylic acid groups (broad SMARTS) is 1. The van der Waals surface area contributed by atoms with Gasteiger partial charge in [-0.2, -0.15) is 13.2 Å². The van der Waals surface area contributed by atoms with Gasteiger partial charge in [0.15, 0.2) is 0 Å². The number of aryl methyl sites for hydroxylation is 1. The molecule has 0 aliphatic rings. The number of hydrogen-bond acceptors (Lipinski definition) is 2. The molecule has 1 rings (SSSR count). The van der Waals surface area contributed by atoms with E-state index in [2.05, 4.69) is 0 Å². The van der Waals surface area contributed by atoms with Crippen molar-refractivity contribution in [2.45, 2.75) is 19.0 Å². The van der Waals surface area contributed by atoms with E-state index in [1.165, 1.54) is 5.56 Å². The van der Waals surface area contributed by atoms with Crippen LogP contribution in [0.2, 0.25) is 5.02 Å². The maximum atomic E-state index is 10.6. The zero-order chi connectivity index (χ0) is 16.5. The van der Waals surface area contributed by atoms with Gasteiger partial charge in [-0.3, -0.25) is 0 Å². The van der Waals surface area contributed by atoms with E-state index < -0.39 is 12.1 Å². The molecule has 3 nitrogen and oxygen atoms in total. The van der Waals surface area contributed by atoms with Gasteiger partial charge in [-0.05, 0) is 36.1 Å². The Kier molecular flexibility index (Phi) is 9.08. The van der Waals surface area contributed by atoms with Crippen molar-refractivity contribution in [1.82, 2.24) is 0 Å². The molecule has 1 aromatic rings. The minimum Gasteiger partial charge on any atom is -0.475 e. The molecule has 0 atom stereocenters. The first-order chi connectivity index (χ1) is 9.70. The Hall–Kier alpha value is -1.24. The molecule has 21 heavy (non-hydrogen) atoms. The number of aliphatic carboxylic acids is 1. The van der Waals surface area contributed by atoms with Gasteiger partial charge in [0, 0.05) is 17.1 Å². The summed E-state index contributed by atoms with van der Waals surface area (Å²) >= 11 is 11.4. The van der Waals surface area contributed by atoms with Crippen LogP contribution in [0.15, 0.2) is 35.4 Å². The predicted octanol–water partition coefficient (Wildman–Crippen LogP) is 3.99. The summed E-state index contributed by atoms with van der Waals surface area (Å²) in [6, 6.07) is 7.82. The van der Waals surface area contributed by atoms with Gasteiger partial charge in [0.25, 0.3) is 0 Å². The van der Waals surface area contributed by atoms with Crippen molar-refractivity contribution < 1.29 is 23.1 Å². The van der Waals surface area contributed by atoms with Crippen LogP contribution in [0.5, 0.6) is 0 Å².